The minimum absolute atomic E-state index is 0.0609. The lowest BCUT2D eigenvalue weighted by Crippen LogP contribution is -2.39. The molecule has 2 N–H and O–H groups in total. The summed E-state index contributed by atoms with van der Waals surface area (Å²) in [7, 11) is 0. The number of ether oxygens (including phenoxy) is 4. The van der Waals surface area contributed by atoms with Gasteiger partial charge >= 0.3 is 5.97 Å². The average Bonchev–Trinajstić information content (AvgIpc) is 3.29. The lowest BCUT2D eigenvalue weighted by molar-refractivity contribution is -0.230. The number of carbonyl (C=O) groups is 1. The second-order valence-corrected chi connectivity index (χ2v) is 11.1. The minimum Gasteiger partial charge on any atom is -0.479 e. The summed E-state index contributed by atoms with van der Waals surface area (Å²) in [6, 6.07) is 0. The van der Waals surface area contributed by atoms with Crippen molar-refractivity contribution in [2.45, 2.75) is 134 Å². The Balaban J connectivity index is 1.69. The molecule has 3 fully saturated rings. The maximum absolute atomic E-state index is 11.0. The van der Waals surface area contributed by atoms with Crippen molar-refractivity contribution in [3.05, 3.63) is 24.3 Å². The van der Waals surface area contributed by atoms with Gasteiger partial charge in [0.2, 0.25) is 0 Å². The maximum atomic E-state index is 11.0. The number of aliphatic carboxylic acids is 1. The first-order valence-corrected chi connectivity index (χ1v) is 14.1. The fraction of sp³-hybridized carbons (Fsp3) is 0.828. The highest BCUT2D eigenvalue weighted by molar-refractivity contribution is 5.75. The number of carboxylic acids is 1. The van der Waals surface area contributed by atoms with E-state index >= 15 is 0 Å². The summed E-state index contributed by atoms with van der Waals surface area (Å²) in [6.45, 7) is 10.7. The number of unbranched alkanes of at least 4 members (excludes halogenated alkanes) is 5. The summed E-state index contributed by atoms with van der Waals surface area (Å²) in [6.07, 6.45) is 14.7. The topological polar surface area (TPSA) is 94.5 Å². The van der Waals surface area contributed by atoms with Crippen LogP contribution in [0.3, 0.4) is 0 Å². The lowest BCUT2D eigenvalue weighted by Gasteiger charge is -2.33. The van der Waals surface area contributed by atoms with Gasteiger partial charge in [0.15, 0.2) is 18.2 Å². The molecule has 0 spiro atoms. The molecule has 0 amide bonds. The third-order valence-electron chi connectivity index (χ3n) is 7.72. The van der Waals surface area contributed by atoms with Crippen molar-refractivity contribution in [1.82, 2.24) is 0 Å². The first-order valence-electron chi connectivity index (χ1n) is 14.1. The molecule has 0 aromatic heterocycles. The van der Waals surface area contributed by atoms with E-state index in [1.807, 2.05) is 13.8 Å². The molecule has 0 aromatic rings. The van der Waals surface area contributed by atoms with Crippen molar-refractivity contribution < 1.29 is 34.0 Å². The Morgan fingerprint density at radius 2 is 1.92 bits per heavy atom. The summed E-state index contributed by atoms with van der Waals surface area (Å²) in [4.78, 5) is 11.0. The van der Waals surface area contributed by atoms with Gasteiger partial charge in [0.25, 0.3) is 0 Å². The van der Waals surface area contributed by atoms with Gasteiger partial charge in [-0.2, -0.15) is 0 Å². The van der Waals surface area contributed by atoms with Crippen molar-refractivity contribution in [3.8, 4) is 0 Å². The molecule has 3 aliphatic rings. The molecule has 7 atom stereocenters. The second kappa shape index (κ2) is 14.1. The molecule has 0 radical (unpaired) electrons. The predicted octanol–water partition coefficient (Wildman–Crippen LogP) is 5.75. The van der Waals surface area contributed by atoms with E-state index in [2.05, 4.69) is 25.7 Å². The summed E-state index contributed by atoms with van der Waals surface area (Å²) in [5, 5.41) is 18.7. The quantitative estimate of drug-likeness (QED) is 0.215. The van der Waals surface area contributed by atoms with Gasteiger partial charge in [-0.05, 0) is 76.7 Å². The molecule has 0 aromatic carbocycles. The highest BCUT2D eigenvalue weighted by atomic mass is 16.8. The van der Waals surface area contributed by atoms with Crippen LogP contribution in [0.2, 0.25) is 0 Å². The van der Waals surface area contributed by atoms with Crippen LogP contribution in [0, 0.1) is 11.8 Å². The Bertz CT molecular complexity index is 727. The van der Waals surface area contributed by atoms with Crippen LogP contribution in [0.25, 0.3) is 0 Å². The summed E-state index contributed by atoms with van der Waals surface area (Å²) in [5.41, 5.74) is 0.353. The number of hydrogen-bond donors (Lipinski definition) is 2. The van der Waals surface area contributed by atoms with Crippen molar-refractivity contribution in [1.29, 1.82) is 0 Å². The molecular weight excluding hydrogens is 460 g/mol. The number of aliphatic hydroxyl groups excluding tert-OH is 1. The first kappa shape index (κ1) is 29.3. The van der Waals surface area contributed by atoms with Crippen LogP contribution in [0.1, 0.15) is 97.8 Å². The van der Waals surface area contributed by atoms with Crippen LogP contribution >= 0.6 is 0 Å². The molecule has 2 saturated heterocycles. The van der Waals surface area contributed by atoms with Gasteiger partial charge in [-0.1, -0.05) is 51.3 Å². The maximum Gasteiger partial charge on any atom is 0.336 e. The number of fused-ring (bicyclic) bond motifs is 1. The monoisotopic (exact) mass is 508 g/mol. The Kier molecular flexibility index (Phi) is 11.4. The average molecular weight is 509 g/mol. The summed E-state index contributed by atoms with van der Waals surface area (Å²) < 4.78 is 25.4. The van der Waals surface area contributed by atoms with Gasteiger partial charge < -0.3 is 29.2 Å². The molecule has 2 unspecified atom stereocenters. The number of rotatable bonds is 15. The lowest BCUT2D eigenvalue weighted by atomic mass is 9.87. The summed E-state index contributed by atoms with van der Waals surface area (Å²) in [5.74, 6) is -1.49. The zero-order chi connectivity index (χ0) is 26.1. The standard InChI is InChI=1S/C29H48O7/c1-5-6-7-8-9-10-16-22-21(17-12-11-15-20(2)24(30)28(31)32)25(34-23-18-13-14-19-33-23)27-26(22)35-29(3,4)36-27/h10,16,21-27,30H,2,5-9,11-15,17-19H2,1,3-4H3,(H,31,32)/t21-,22-,23?,24?,25-,26+,27-/m1/s1. The molecule has 7 heteroatoms. The van der Waals surface area contributed by atoms with Crippen molar-refractivity contribution in [2.24, 2.45) is 11.8 Å². The largest absolute Gasteiger partial charge is 0.479 e. The van der Waals surface area contributed by atoms with Crippen molar-refractivity contribution in [2.75, 3.05) is 6.61 Å². The Morgan fingerprint density at radius 3 is 2.61 bits per heavy atom. The first-order chi connectivity index (χ1) is 17.2. The molecular formula is C29H48O7. The van der Waals surface area contributed by atoms with Gasteiger partial charge in [-0.15, -0.1) is 0 Å². The zero-order valence-corrected chi connectivity index (χ0v) is 22.5. The molecule has 0 bridgehead atoms. The molecule has 7 nitrogen and oxygen atoms in total. The minimum atomic E-state index is -1.50. The van der Waals surface area contributed by atoms with Gasteiger partial charge in [-0.3, -0.25) is 0 Å². The molecule has 3 rings (SSSR count). The SMILES string of the molecule is C=C(CCCC[C@@H]1[C@@H](C=CCCCCCC)[C@@H]2OC(C)(C)O[C@@H]2[C@@H]1OC1CCCCO1)C(O)C(=O)O. The fourth-order valence-corrected chi connectivity index (χ4v) is 5.84. The van der Waals surface area contributed by atoms with Crippen molar-refractivity contribution >= 4 is 5.97 Å². The van der Waals surface area contributed by atoms with Crippen LogP contribution in [-0.2, 0) is 23.7 Å². The normalized spacial score (nSPS) is 32.6. The fourth-order valence-electron chi connectivity index (χ4n) is 5.84. The van der Waals surface area contributed by atoms with E-state index in [0.29, 0.717) is 12.0 Å². The van der Waals surface area contributed by atoms with E-state index < -0.39 is 17.9 Å². The van der Waals surface area contributed by atoms with Crippen LogP contribution < -0.4 is 0 Å². The number of hydrogen-bond acceptors (Lipinski definition) is 6. The predicted molar refractivity (Wildman–Crippen MR) is 138 cm³/mol. The molecule has 2 heterocycles. The van der Waals surface area contributed by atoms with E-state index in [4.69, 9.17) is 24.1 Å². The van der Waals surface area contributed by atoms with Crippen LogP contribution in [0.5, 0.6) is 0 Å². The molecule has 206 valence electrons. The molecule has 36 heavy (non-hydrogen) atoms. The highest BCUT2D eigenvalue weighted by Gasteiger charge is 2.58. The highest BCUT2D eigenvalue weighted by Crippen LogP contribution is 2.49. The number of carboxylic acid groups (broad SMARTS) is 1. The third kappa shape index (κ3) is 8.12. The van der Waals surface area contributed by atoms with Gasteiger partial charge in [0.1, 0.15) is 6.10 Å². The van der Waals surface area contributed by atoms with E-state index in [0.717, 1.165) is 51.6 Å². The Hall–Kier alpha value is -1.25. The zero-order valence-electron chi connectivity index (χ0n) is 22.5. The molecule has 1 aliphatic carbocycles. The summed E-state index contributed by atoms with van der Waals surface area (Å²) >= 11 is 0. The van der Waals surface area contributed by atoms with E-state index in [1.54, 1.807) is 0 Å². The third-order valence-corrected chi connectivity index (χ3v) is 7.72. The molecule has 2 aliphatic heterocycles. The van der Waals surface area contributed by atoms with E-state index in [1.165, 1.54) is 25.7 Å². The van der Waals surface area contributed by atoms with Crippen molar-refractivity contribution in [3.63, 3.8) is 0 Å². The number of allylic oxidation sites excluding steroid dienone is 1. The van der Waals surface area contributed by atoms with Gasteiger partial charge in [-0.25, -0.2) is 4.79 Å². The molecule has 1 saturated carbocycles. The number of aliphatic hydroxyl groups is 1. The second-order valence-electron chi connectivity index (χ2n) is 11.1. The van der Waals surface area contributed by atoms with Crippen LogP contribution in [0.4, 0.5) is 0 Å². The van der Waals surface area contributed by atoms with Gasteiger partial charge in [0, 0.05) is 12.5 Å². The van der Waals surface area contributed by atoms with Gasteiger partial charge in [0.05, 0.1) is 12.2 Å². The van der Waals surface area contributed by atoms with E-state index in [-0.39, 0.29) is 36.4 Å². The van der Waals surface area contributed by atoms with Crippen LogP contribution in [-0.4, -0.2) is 59.3 Å². The van der Waals surface area contributed by atoms with E-state index in [9.17, 15) is 9.90 Å². The Labute approximate surface area is 217 Å². The Morgan fingerprint density at radius 1 is 1.14 bits per heavy atom. The smallest absolute Gasteiger partial charge is 0.336 e. The van der Waals surface area contributed by atoms with Crippen LogP contribution in [0.15, 0.2) is 24.3 Å².